The number of amides is 1. The Kier molecular flexibility index (Phi) is 4.22. The number of thiocarbonyl (C=S) groups is 1. The van der Waals surface area contributed by atoms with Crippen LogP contribution in [0, 0.1) is 6.92 Å². The normalized spacial score (nSPS) is 10.5. The van der Waals surface area contributed by atoms with Crippen molar-refractivity contribution >= 4 is 49.9 Å². The minimum atomic E-state index is -0.277. The fraction of sp³-hybridized carbons (Fsp3) is 0.0625. The van der Waals surface area contributed by atoms with E-state index in [-0.39, 0.29) is 16.8 Å². The van der Waals surface area contributed by atoms with Crippen molar-refractivity contribution in [1.82, 2.24) is 10.3 Å². The second kappa shape index (κ2) is 6.31. The van der Waals surface area contributed by atoms with E-state index < -0.39 is 0 Å². The SMILES string of the molecule is Cc1ccc(C(=O)NC(=S)Nc2nc3ccc(O)cc3s2)cc1. The molecule has 1 heterocycles. The maximum absolute atomic E-state index is 12.1. The van der Waals surface area contributed by atoms with E-state index in [9.17, 15) is 9.90 Å². The number of carbonyl (C=O) groups is 1. The first kappa shape index (κ1) is 15.4. The molecule has 0 atom stereocenters. The summed E-state index contributed by atoms with van der Waals surface area (Å²) in [5.74, 6) is -0.0933. The maximum atomic E-state index is 12.1. The number of benzene rings is 2. The Morgan fingerprint density at radius 3 is 2.70 bits per heavy atom. The van der Waals surface area contributed by atoms with Crippen molar-refractivity contribution < 1.29 is 9.90 Å². The molecule has 23 heavy (non-hydrogen) atoms. The van der Waals surface area contributed by atoms with E-state index in [2.05, 4.69) is 15.6 Å². The van der Waals surface area contributed by atoms with E-state index in [1.165, 1.54) is 11.3 Å². The number of nitrogens with one attached hydrogen (secondary N) is 2. The van der Waals surface area contributed by atoms with Crippen molar-refractivity contribution in [1.29, 1.82) is 0 Å². The Morgan fingerprint density at radius 1 is 1.22 bits per heavy atom. The van der Waals surface area contributed by atoms with Crippen LogP contribution in [0.4, 0.5) is 5.13 Å². The average Bonchev–Trinajstić information content (AvgIpc) is 2.88. The summed E-state index contributed by atoms with van der Waals surface area (Å²) in [4.78, 5) is 16.4. The van der Waals surface area contributed by atoms with Crippen LogP contribution in [-0.2, 0) is 0 Å². The molecule has 1 amide bonds. The van der Waals surface area contributed by atoms with Gasteiger partial charge in [0.15, 0.2) is 10.2 Å². The van der Waals surface area contributed by atoms with Crippen molar-refractivity contribution in [3.8, 4) is 5.75 Å². The summed E-state index contributed by atoms with van der Waals surface area (Å²) in [6.45, 7) is 1.96. The molecule has 3 N–H and O–H groups in total. The van der Waals surface area contributed by atoms with Gasteiger partial charge in [-0.3, -0.25) is 10.1 Å². The largest absolute Gasteiger partial charge is 0.508 e. The van der Waals surface area contributed by atoms with E-state index >= 15 is 0 Å². The number of hydrogen-bond acceptors (Lipinski definition) is 5. The van der Waals surface area contributed by atoms with Gasteiger partial charge in [0.1, 0.15) is 5.75 Å². The van der Waals surface area contributed by atoms with Gasteiger partial charge in [0.25, 0.3) is 5.91 Å². The van der Waals surface area contributed by atoms with Gasteiger partial charge in [-0.1, -0.05) is 29.0 Å². The number of aryl methyl sites for hydroxylation is 1. The van der Waals surface area contributed by atoms with Crippen LogP contribution in [-0.4, -0.2) is 21.1 Å². The highest BCUT2D eigenvalue weighted by Gasteiger charge is 2.10. The first-order valence-electron chi connectivity index (χ1n) is 6.80. The third kappa shape index (κ3) is 3.64. The van der Waals surface area contributed by atoms with Crippen molar-refractivity contribution in [2.45, 2.75) is 6.92 Å². The van der Waals surface area contributed by atoms with Crippen LogP contribution in [0.15, 0.2) is 42.5 Å². The molecule has 116 valence electrons. The fourth-order valence-corrected chi connectivity index (χ4v) is 3.13. The van der Waals surface area contributed by atoms with Gasteiger partial charge in [-0.2, -0.15) is 0 Å². The molecule has 0 bridgehead atoms. The number of phenols is 1. The Balaban J connectivity index is 1.68. The molecule has 0 spiro atoms. The lowest BCUT2D eigenvalue weighted by molar-refractivity contribution is 0.0977. The number of carbonyl (C=O) groups excluding carboxylic acids is 1. The fourth-order valence-electron chi connectivity index (χ4n) is 1.98. The number of hydrogen-bond donors (Lipinski definition) is 3. The zero-order valence-electron chi connectivity index (χ0n) is 12.2. The zero-order valence-corrected chi connectivity index (χ0v) is 13.8. The molecule has 5 nitrogen and oxygen atoms in total. The van der Waals surface area contributed by atoms with Crippen LogP contribution in [0.25, 0.3) is 10.2 Å². The molecule has 0 saturated heterocycles. The van der Waals surface area contributed by atoms with Crippen LogP contribution in [0.3, 0.4) is 0 Å². The third-order valence-electron chi connectivity index (χ3n) is 3.13. The van der Waals surface area contributed by atoms with Gasteiger partial charge >= 0.3 is 0 Å². The Bertz CT molecular complexity index is 888. The van der Waals surface area contributed by atoms with Gasteiger partial charge < -0.3 is 10.4 Å². The van der Waals surface area contributed by atoms with Crippen molar-refractivity contribution in [3.05, 3.63) is 53.6 Å². The third-order valence-corrected chi connectivity index (χ3v) is 4.27. The van der Waals surface area contributed by atoms with E-state index in [0.29, 0.717) is 10.7 Å². The molecule has 0 saturated carbocycles. The summed E-state index contributed by atoms with van der Waals surface area (Å²) in [5.41, 5.74) is 2.37. The summed E-state index contributed by atoms with van der Waals surface area (Å²) in [6, 6.07) is 12.1. The predicted octanol–water partition coefficient (Wildman–Crippen LogP) is 3.44. The molecular formula is C16H13N3O2S2. The number of phenolic OH excluding ortho intramolecular Hbond substituents is 1. The maximum Gasteiger partial charge on any atom is 0.257 e. The standard InChI is InChI=1S/C16H13N3O2S2/c1-9-2-4-10(5-3-9)14(21)18-15(22)19-16-17-12-7-6-11(20)8-13(12)23-16/h2-8,20H,1H3,(H2,17,18,19,21,22). The summed E-state index contributed by atoms with van der Waals surface area (Å²) in [6.07, 6.45) is 0. The summed E-state index contributed by atoms with van der Waals surface area (Å²) in [7, 11) is 0. The van der Waals surface area contributed by atoms with Crippen LogP contribution in [0.1, 0.15) is 15.9 Å². The molecule has 0 aliphatic heterocycles. The zero-order chi connectivity index (χ0) is 16.4. The average molecular weight is 343 g/mol. The lowest BCUT2D eigenvalue weighted by Gasteiger charge is -2.07. The minimum absolute atomic E-state index is 0.179. The van der Waals surface area contributed by atoms with Gasteiger partial charge in [0, 0.05) is 5.56 Å². The molecule has 0 radical (unpaired) electrons. The number of nitrogens with zero attached hydrogens (tertiary/aromatic N) is 1. The molecule has 0 fully saturated rings. The van der Waals surface area contributed by atoms with Crippen LogP contribution in [0.5, 0.6) is 5.75 Å². The number of anilines is 1. The summed E-state index contributed by atoms with van der Waals surface area (Å²) < 4.78 is 0.833. The van der Waals surface area contributed by atoms with Crippen LogP contribution < -0.4 is 10.6 Å². The minimum Gasteiger partial charge on any atom is -0.508 e. The van der Waals surface area contributed by atoms with Crippen molar-refractivity contribution in [3.63, 3.8) is 0 Å². The molecule has 1 aromatic heterocycles. The topological polar surface area (TPSA) is 74.2 Å². The van der Waals surface area contributed by atoms with Gasteiger partial charge in [-0.05, 0) is 49.5 Å². The highest BCUT2D eigenvalue weighted by Crippen LogP contribution is 2.28. The lowest BCUT2D eigenvalue weighted by atomic mass is 10.1. The molecule has 2 aromatic carbocycles. The second-order valence-electron chi connectivity index (χ2n) is 4.95. The molecular weight excluding hydrogens is 330 g/mol. The van der Waals surface area contributed by atoms with Crippen LogP contribution in [0.2, 0.25) is 0 Å². The first-order chi connectivity index (χ1) is 11.0. The summed E-state index contributed by atoms with van der Waals surface area (Å²) >= 11 is 6.49. The van der Waals surface area contributed by atoms with E-state index in [0.717, 1.165) is 15.8 Å². The quantitative estimate of drug-likeness (QED) is 0.622. The molecule has 3 aromatic rings. The van der Waals surface area contributed by atoms with E-state index in [1.54, 1.807) is 30.3 Å². The molecule has 7 heteroatoms. The Hall–Kier alpha value is -2.51. The van der Waals surface area contributed by atoms with Gasteiger partial charge in [0.05, 0.1) is 10.2 Å². The summed E-state index contributed by atoms with van der Waals surface area (Å²) in [5, 5.41) is 15.7. The molecule has 0 aliphatic rings. The van der Waals surface area contributed by atoms with Crippen molar-refractivity contribution in [2.75, 3.05) is 5.32 Å². The first-order valence-corrected chi connectivity index (χ1v) is 8.02. The van der Waals surface area contributed by atoms with Gasteiger partial charge in [-0.15, -0.1) is 0 Å². The molecule has 0 unspecified atom stereocenters. The monoisotopic (exact) mass is 343 g/mol. The highest BCUT2D eigenvalue weighted by molar-refractivity contribution is 7.80. The predicted molar refractivity (Wildman–Crippen MR) is 96.2 cm³/mol. The number of thiazole rings is 1. The second-order valence-corrected chi connectivity index (χ2v) is 6.38. The Labute approximate surface area is 142 Å². The molecule has 3 rings (SSSR count). The van der Waals surface area contributed by atoms with Crippen LogP contribution >= 0.6 is 23.6 Å². The Morgan fingerprint density at radius 2 is 1.96 bits per heavy atom. The lowest BCUT2D eigenvalue weighted by Crippen LogP contribution is -2.34. The van der Waals surface area contributed by atoms with Gasteiger partial charge in [-0.25, -0.2) is 4.98 Å². The number of aromatic nitrogens is 1. The highest BCUT2D eigenvalue weighted by atomic mass is 32.1. The van der Waals surface area contributed by atoms with Crippen molar-refractivity contribution in [2.24, 2.45) is 0 Å². The molecule has 0 aliphatic carbocycles. The number of rotatable bonds is 2. The number of fused-ring (bicyclic) bond motifs is 1. The number of aromatic hydroxyl groups is 1. The van der Waals surface area contributed by atoms with E-state index in [1.807, 2.05) is 19.1 Å². The van der Waals surface area contributed by atoms with E-state index in [4.69, 9.17) is 12.2 Å². The smallest absolute Gasteiger partial charge is 0.257 e. The van der Waals surface area contributed by atoms with Gasteiger partial charge in [0.2, 0.25) is 0 Å².